The second kappa shape index (κ2) is 4.34. The molecule has 0 amide bonds. The van der Waals surface area contributed by atoms with E-state index in [1.54, 1.807) is 7.11 Å². The second-order valence-corrected chi connectivity index (χ2v) is 3.74. The van der Waals surface area contributed by atoms with Crippen molar-refractivity contribution in [2.24, 2.45) is 0 Å². The van der Waals surface area contributed by atoms with Gasteiger partial charge in [0, 0.05) is 13.1 Å². The Morgan fingerprint density at radius 1 is 1.27 bits per heavy atom. The number of benzene rings is 1. The molecule has 0 spiro atoms. The van der Waals surface area contributed by atoms with E-state index in [1.807, 2.05) is 24.3 Å². The molecule has 0 unspecified atom stereocenters. The van der Waals surface area contributed by atoms with Crippen molar-refractivity contribution in [2.75, 3.05) is 20.2 Å². The molecule has 0 aromatic heterocycles. The van der Waals surface area contributed by atoms with Gasteiger partial charge in [-0.3, -0.25) is 5.41 Å². The standard InChI is InChI=1S/C12H16N2O/c1-15-11-7-3-2-6-10(11)12(13)14-8-4-5-9-14/h2-3,6-7,13H,4-5,8-9H2,1H3. The van der Waals surface area contributed by atoms with Crippen molar-refractivity contribution in [2.45, 2.75) is 12.8 Å². The molecule has 0 aliphatic carbocycles. The summed E-state index contributed by atoms with van der Waals surface area (Å²) in [5, 5.41) is 8.12. The molecule has 0 atom stereocenters. The van der Waals surface area contributed by atoms with E-state index in [2.05, 4.69) is 4.90 Å². The first-order chi connectivity index (χ1) is 7.33. The lowest BCUT2D eigenvalue weighted by atomic mass is 10.1. The molecule has 0 bridgehead atoms. The summed E-state index contributed by atoms with van der Waals surface area (Å²) in [5.74, 6) is 1.37. The molecule has 1 aromatic rings. The zero-order chi connectivity index (χ0) is 10.7. The largest absolute Gasteiger partial charge is 0.496 e. The lowest BCUT2D eigenvalue weighted by Gasteiger charge is -2.19. The summed E-state index contributed by atoms with van der Waals surface area (Å²) < 4.78 is 5.26. The number of nitrogens with zero attached hydrogens (tertiary/aromatic N) is 1. The zero-order valence-corrected chi connectivity index (χ0v) is 8.99. The van der Waals surface area contributed by atoms with Crippen molar-refractivity contribution in [1.29, 1.82) is 5.41 Å². The first-order valence-electron chi connectivity index (χ1n) is 5.30. The van der Waals surface area contributed by atoms with Crippen LogP contribution in [-0.4, -0.2) is 30.9 Å². The fourth-order valence-electron chi connectivity index (χ4n) is 1.95. The molecule has 1 saturated heterocycles. The monoisotopic (exact) mass is 204 g/mol. The Labute approximate surface area is 90.2 Å². The summed E-state index contributed by atoms with van der Waals surface area (Å²) in [6, 6.07) is 7.72. The normalized spacial score (nSPS) is 15.4. The third kappa shape index (κ3) is 1.96. The van der Waals surface area contributed by atoms with Gasteiger partial charge in [0.05, 0.1) is 12.7 Å². The molecule has 1 aromatic carbocycles. The fourth-order valence-corrected chi connectivity index (χ4v) is 1.95. The highest BCUT2D eigenvalue weighted by Crippen LogP contribution is 2.21. The van der Waals surface area contributed by atoms with E-state index in [0.29, 0.717) is 5.84 Å². The van der Waals surface area contributed by atoms with Gasteiger partial charge in [-0.15, -0.1) is 0 Å². The number of amidine groups is 1. The molecule has 1 fully saturated rings. The average Bonchev–Trinajstić information content (AvgIpc) is 2.81. The highest BCUT2D eigenvalue weighted by molar-refractivity contribution is 5.99. The minimum Gasteiger partial charge on any atom is -0.496 e. The molecule has 1 aliphatic heterocycles. The van der Waals surface area contributed by atoms with E-state index in [9.17, 15) is 0 Å². The molecule has 0 radical (unpaired) electrons. The van der Waals surface area contributed by atoms with Crippen LogP contribution < -0.4 is 4.74 Å². The summed E-state index contributed by atoms with van der Waals surface area (Å²) in [4.78, 5) is 2.11. The Balaban J connectivity index is 2.24. The Bertz CT molecular complexity index is 356. The predicted molar refractivity (Wildman–Crippen MR) is 60.6 cm³/mol. The summed E-state index contributed by atoms with van der Waals surface area (Å²) in [6.07, 6.45) is 2.38. The number of likely N-dealkylation sites (tertiary alicyclic amines) is 1. The van der Waals surface area contributed by atoms with Crippen LogP contribution >= 0.6 is 0 Å². The quantitative estimate of drug-likeness (QED) is 0.591. The predicted octanol–water partition coefficient (Wildman–Crippen LogP) is 2.12. The first kappa shape index (κ1) is 10.0. The lowest BCUT2D eigenvalue weighted by Crippen LogP contribution is -2.27. The summed E-state index contributed by atoms with van der Waals surface area (Å²) in [5.41, 5.74) is 0.891. The minimum atomic E-state index is 0.588. The van der Waals surface area contributed by atoms with Crippen molar-refractivity contribution in [3.8, 4) is 5.75 Å². The number of para-hydroxylation sites is 1. The first-order valence-corrected chi connectivity index (χ1v) is 5.30. The third-order valence-corrected chi connectivity index (χ3v) is 2.78. The number of methoxy groups -OCH3 is 1. The molecule has 1 N–H and O–H groups in total. The van der Waals surface area contributed by atoms with Gasteiger partial charge in [-0.1, -0.05) is 12.1 Å². The Morgan fingerprint density at radius 2 is 1.93 bits per heavy atom. The van der Waals surface area contributed by atoms with E-state index in [-0.39, 0.29) is 0 Å². The summed E-state index contributed by atoms with van der Waals surface area (Å²) in [7, 11) is 1.65. The van der Waals surface area contributed by atoms with Crippen LogP contribution in [0.25, 0.3) is 0 Å². The second-order valence-electron chi connectivity index (χ2n) is 3.74. The van der Waals surface area contributed by atoms with Gasteiger partial charge in [0.2, 0.25) is 0 Å². The smallest absolute Gasteiger partial charge is 0.131 e. The van der Waals surface area contributed by atoms with Gasteiger partial charge in [-0.05, 0) is 25.0 Å². The Kier molecular flexibility index (Phi) is 2.90. The van der Waals surface area contributed by atoms with Crippen LogP contribution in [0.4, 0.5) is 0 Å². The molecular formula is C12H16N2O. The van der Waals surface area contributed by atoms with E-state index in [4.69, 9.17) is 10.1 Å². The summed E-state index contributed by atoms with van der Waals surface area (Å²) in [6.45, 7) is 1.99. The van der Waals surface area contributed by atoms with Crippen molar-refractivity contribution in [3.05, 3.63) is 29.8 Å². The van der Waals surface area contributed by atoms with Gasteiger partial charge >= 0.3 is 0 Å². The van der Waals surface area contributed by atoms with Crippen LogP contribution in [-0.2, 0) is 0 Å². The number of rotatable bonds is 2. The zero-order valence-electron chi connectivity index (χ0n) is 8.99. The minimum absolute atomic E-state index is 0.588. The van der Waals surface area contributed by atoms with E-state index >= 15 is 0 Å². The molecule has 3 nitrogen and oxygen atoms in total. The van der Waals surface area contributed by atoms with Crippen LogP contribution in [0.2, 0.25) is 0 Å². The Morgan fingerprint density at radius 3 is 2.60 bits per heavy atom. The van der Waals surface area contributed by atoms with Crippen LogP contribution in [0.5, 0.6) is 5.75 Å². The van der Waals surface area contributed by atoms with E-state index < -0.39 is 0 Å². The highest BCUT2D eigenvalue weighted by atomic mass is 16.5. The van der Waals surface area contributed by atoms with Crippen LogP contribution in [0, 0.1) is 5.41 Å². The SMILES string of the molecule is COc1ccccc1C(=N)N1CCCC1. The van der Waals surface area contributed by atoms with Gasteiger partial charge in [-0.25, -0.2) is 0 Å². The van der Waals surface area contributed by atoms with Crippen molar-refractivity contribution in [1.82, 2.24) is 4.90 Å². The van der Waals surface area contributed by atoms with E-state index in [1.165, 1.54) is 12.8 Å². The van der Waals surface area contributed by atoms with Gasteiger partial charge in [0.25, 0.3) is 0 Å². The molecule has 0 saturated carbocycles. The lowest BCUT2D eigenvalue weighted by molar-refractivity contribution is 0.411. The molecule has 3 heteroatoms. The van der Waals surface area contributed by atoms with Crippen LogP contribution in [0.3, 0.4) is 0 Å². The molecular weight excluding hydrogens is 188 g/mol. The van der Waals surface area contributed by atoms with Crippen molar-refractivity contribution < 1.29 is 4.74 Å². The molecule has 15 heavy (non-hydrogen) atoms. The van der Waals surface area contributed by atoms with Crippen LogP contribution in [0.1, 0.15) is 18.4 Å². The topological polar surface area (TPSA) is 36.3 Å². The van der Waals surface area contributed by atoms with Gasteiger partial charge in [0.15, 0.2) is 0 Å². The van der Waals surface area contributed by atoms with Gasteiger partial charge in [-0.2, -0.15) is 0 Å². The average molecular weight is 204 g/mol. The van der Waals surface area contributed by atoms with Crippen molar-refractivity contribution in [3.63, 3.8) is 0 Å². The maximum Gasteiger partial charge on any atom is 0.131 e. The fraction of sp³-hybridized carbons (Fsp3) is 0.417. The van der Waals surface area contributed by atoms with Crippen molar-refractivity contribution >= 4 is 5.84 Å². The van der Waals surface area contributed by atoms with Crippen LogP contribution in [0.15, 0.2) is 24.3 Å². The molecule has 1 heterocycles. The number of hydrogen-bond acceptors (Lipinski definition) is 2. The third-order valence-electron chi connectivity index (χ3n) is 2.78. The summed E-state index contributed by atoms with van der Waals surface area (Å²) >= 11 is 0. The number of nitrogens with one attached hydrogen (secondary N) is 1. The molecule has 2 rings (SSSR count). The molecule has 80 valence electrons. The number of hydrogen-bond donors (Lipinski definition) is 1. The van der Waals surface area contributed by atoms with E-state index in [0.717, 1.165) is 24.4 Å². The maximum absolute atomic E-state index is 8.12. The number of ether oxygens (including phenoxy) is 1. The van der Waals surface area contributed by atoms with Gasteiger partial charge < -0.3 is 9.64 Å². The Hall–Kier alpha value is -1.51. The maximum atomic E-state index is 8.12. The highest BCUT2D eigenvalue weighted by Gasteiger charge is 2.18. The molecule has 1 aliphatic rings. The van der Waals surface area contributed by atoms with Gasteiger partial charge in [0.1, 0.15) is 11.6 Å².